The third-order valence-electron chi connectivity index (χ3n) is 0.709. The third kappa shape index (κ3) is 3.37. The number of allylic oxidation sites excluding steroid dienone is 2. The smallest absolute Gasteiger partial charge is 0.0918 e. The first-order valence-corrected chi connectivity index (χ1v) is 2.49. The first-order valence-electron chi connectivity index (χ1n) is 2.49. The molecule has 0 aromatic rings. The maximum absolute atomic E-state index is 8.66. The average Bonchev–Trinajstić information content (AvgIpc) is 1.68. The van der Waals surface area contributed by atoms with Crippen LogP contribution < -0.4 is 0 Å². The molecular formula is C6H11O. The van der Waals surface area contributed by atoms with Crippen LogP contribution in [0.15, 0.2) is 11.8 Å². The minimum atomic E-state index is 0.377. The lowest BCUT2D eigenvalue weighted by Gasteiger charge is -1.87. The Kier molecular flexibility index (Phi) is 3.48. The highest BCUT2D eigenvalue weighted by Gasteiger charge is 1.80. The van der Waals surface area contributed by atoms with Gasteiger partial charge in [-0.25, -0.2) is 0 Å². The van der Waals surface area contributed by atoms with Crippen molar-refractivity contribution in [3.05, 3.63) is 18.3 Å². The van der Waals surface area contributed by atoms with E-state index in [2.05, 4.69) is 0 Å². The number of aliphatic hydroxyl groups is 1. The van der Waals surface area contributed by atoms with Crippen LogP contribution in [0.4, 0.5) is 0 Å². The molecule has 0 atom stereocenters. The molecule has 0 aliphatic rings. The quantitative estimate of drug-likeness (QED) is 0.525. The predicted octanol–water partition coefficient (Wildman–Crippen LogP) is 2.06. The fraction of sp³-hybridized carbons (Fsp3) is 0.500. The van der Waals surface area contributed by atoms with Crippen LogP contribution in [0.1, 0.15) is 20.3 Å². The Labute approximate surface area is 44.7 Å². The van der Waals surface area contributed by atoms with Gasteiger partial charge in [0.05, 0.1) is 5.76 Å². The molecule has 0 amide bonds. The maximum Gasteiger partial charge on any atom is 0.0918 e. The lowest BCUT2D eigenvalue weighted by molar-refractivity contribution is 0.419. The molecule has 1 heteroatoms. The molecule has 0 bridgehead atoms. The Balaban J connectivity index is 3.29. The standard InChI is InChI=1S/C6H11O/c1-3-5-6(7)4-2/h4-5,7H,3H2,1-2H3. The van der Waals surface area contributed by atoms with Crippen LogP contribution in [0, 0.1) is 6.42 Å². The fourth-order valence-corrected chi connectivity index (χ4v) is 0.327. The summed E-state index contributed by atoms with van der Waals surface area (Å²) in [7, 11) is 0. The maximum atomic E-state index is 8.66. The Morgan fingerprint density at radius 1 is 1.71 bits per heavy atom. The first kappa shape index (κ1) is 6.54. The van der Waals surface area contributed by atoms with E-state index in [1.165, 1.54) is 0 Å². The fourth-order valence-electron chi connectivity index (χ4n) is 0.327. The van der Waals surface area contributed by atoms with Crippen molar-refractivity contribution in [2.45, 2.75) is 20.3 Å². The van der Waals surface area contributed by atoms with Gasteiger partial charge in [-0.05, 0) is 12.5 Å². The lowest BCUT2D eigenvalue weighted by Crippen LogP contribution is -1.74. The van der Waals surface area contributed by atoms with Gasteiger partial charge < -0.3 is 5.11 Å². The summed E-state index contributed by atoms with van der Waals surface area (Å²) in [4.78, 5) is 0. The average molecular weight is 99.2 g/mol. The topological polar surface area (TPSA) is 20.2 Å². The van der Waals surface area contributed by atoms with Crippen LogP contribution in [-0.2, 0) is 0 Å². The van der Waals surface area contributed by atoms with Gasteiger partial charge in [0.25, 0.3) is 0 Å². The monoisotopic (exact) mass is 99.1 g/mol. The highest BCUT2D eigenvalue weighted by Crippen LogP contribution is 1.92. The summed E-state index contributed by atoms with van der Waals surface area (Å²) in [6.07, 6.45) is 4.33. The van der Waals surface area contributed by atoms with E-state index in [9.17, 15) is 0 Å². The van der Waals surface area contributed by atoms with Gasteiger partial charge in [-0.1, -0.05) is 13.8 Å². The van der Waals surface area contributed by atoms with E-state index >= 15 is 0 Å². The van der Waals surface area contributed by atoms with Crippen LogP contribution in [0.2, 0.25) is 0 Å². The minimum absolute atomic E-state index is 0.377. The summed E-state index contributed by atoms with van der Waals surface area (Å²) in [5, 5.41) is 8.66. The molecule has 0 rings (SSSR count). The summed E-state index contributed by atoms with van der Waals surface area (Å²) in [5.74, 6) is 0.377. The van der Waals surface area contributed by atoms with Crippen molar-refractivity contribution in [2.75, 3.05) is 0 Å². The van der Waals surface area contributed by atoms with Crippen molar-refractivity contribution < 1.29 is 5.11 Å². The summed E-state index contributed by atoms with van der Waals surface area (Å²) in [6.45, 7) is 3.79. The predicted molar refractivity (Wildman–Crippen MR) is 31.0 cm³/mol. The number of hydrogen-bond donors (Lipinski definition) is 1. The molecule has 1 N–H and O–H groups in total. The SMILES string of the molecule is C[CH]C(O)=CCC. The van der Waals surface area contributed by atoms with E-state index in [1.54, 1.807) is 12.5 Å². The molecule has 0 saturated carbocycles. The molecule has 41 valence electrons. The van der Waals surface area contributed by atoms with Gasteiger partial charge in [0.1, 0.15) is 0 Å². The van der Waals surface area contributed by atoms with Gasteiger partial charge in [0.2, 0.25) is 0 Å². The van der Waals surface area contributed by atoms with Gasteiger partial charge in [0.15, 0.2) is 0 Å². The van der Waals surface area contributed by atoms with Crippen LogP contribution in [-0.4, -0.2) is 5.11 Å². The number of hydrogen-bond acceptors (Lipinski definition) is 1. The van der Waals surface area contributed by atoms with Crippen molar-refractivity contribution in [2.24, 2.45) is 0 Å². The third-order valence-corrected chi connectivity index (χ3v) is 0.709. The zero-order chi connectivity index (χ0) is 5.70. The van der Waals surface area contributed by atoms with Crippen molar-refractivity contribution in [3.63, 3.8) is 0 Å². The zero-order valence-corrected chi connectivity index (χ0v) is 4.81. The highest BCUT2D eigenvalue weighted by molar-refractivity contribution is 5.00. The summed E-state index contributed by atoms with van der Waals surface area (Å²) < 4.78 is 0. The Hall–Kier alpha value is -0.460. The second-order valence-corrected chi connectivity index (χ2v) is 1.33. The van der Waals surface area contributed by atoms with Crippen molar-refractivity contribution in [1.82, 2.24) is 0 Å². The molecule has 0 aliphatic carbocycles. The van der Waals surface area contributed by atoms with Crippen LogP contribution in [0.25, 0.3) is 0 Å². The minimum Gasteiger partial charge on any atom is -0.512 e. The molecule has 7 heavy (non-hydrogen) atoms. The second kappa shape index (κ2) is 3.72. The van der Waals surface area contributed by atoms with E-state index in [-0.39, 0.29) is 0 Å². The van der Waals surface area contributed by atoms with Gasteiger partial charge in [-0.3, -0.25) is 0 Å². The van der Waals surface area contributed by atoms with Gasteiger partial charge in [-0.15, -0.1) is 0 Å². The Morgan fingerprint density at radius 3 is 2.43 bits per heavy atom. The lowest BCUT2D eigenvalue weighted by atomic mass is 10.3. The van der Waals surface area contributed by atoms with E-state index < -0.39 is 0 Å². The summed E-state index contributed by atoms with van der Waals surface area (Å²) in [5.41, 5.74) is 0. The van der Waals surface area contributed by atoms with Gasteiger partial charge >= 0.3 is 0 Å². The summed E-state index contributed by atoms with van der Waals surface area (Å²) >= 11 is 0. The van der Waals surface area contributed by atoms with Crippen molar-refractivity contribution in [3.8, 4) is 0 Å². The van der Waals surface area contributed by atoms with Crippen molar-refractivity contribution >= 4 is 0 Å². The summed E-state index contributed by atoms with van der Waals surface area (Å²) in [6, 6.07) is 0. The second-order valence-electron chi connectivity index (χ2n) is 1.33. The van der Waals surface area contributed by atoms with E-state index in [0.29, 0.717) is 5.76 Å². The molecule has 0 heterocycles. The zero-order valence-electron chi connectivity index (χ0n) is 4.81. The molecule has 0 unspecified atom stereocenters. The molecule has 0 aliphatic heterocycles. The van der Waals surface area contributed by atoms with E-state index in [1.807, 2.05) is 13.8 Å². The Morgan fingerprint density at radius 2 is 2.29 bits per heavy atom. The van der Waals surface area contributed by atoms with Gasteiger partial charge in [-0.2, -0.15) is 0 Å². The Bertz CT molecular complexity index is 64.6. The normalized spacial score (nSPS) is 12.0. The largest absolute Gasteiger partial charge is 0.512 e. The molecule has 0 aromatic heterocycles. The number of aliphatic hydroxyl groups excluding tert-OH is 1. The molecular weight excluding hydrogens is 88.1 g/mol. The molecule has 0 spiro atoms. The first-order chi connectivity index (χ1) is 3.31. The van der Waals surface area contributed by atoms with E-state index in [0.717, 1.165) is 6.42 Å². The van der Waals surface area contributed by atoms with Crippen LogP contribution in [0.3, 0.4) is 0 Å². The molecule has 1 radical (unpaired) electrons. The molecule has 0 fully saturated rings. The highest BCUT2D eigenvalue weighted by atomic mass is 16.3. The van der Waals surface area contributed by atoms with Crippen molar-refractivity contribution in [1.29, 1.82) is 0 Å². The van der Waals surface area contributed by atoms with Crippen LogP contribution >= 0.6 is 0 Å². The van der Waals surface area contributed by atoms with E-state index in [4.69, 9.17) is 5.11 Å². The molecule has 1 nitrogen and oxygen atoms in total. The molecule has 0 aromatic carbocycles. The molecule has 0 saturated heterocycles. The van der Waals surface area contributed by atoms with Crippen LogP contribution in [0.5, 0.6) is 0 Å². The van der Waals surface area contributed by atoms with Gasteiger partial charge in [0, 0.05) is 6.42 Å². The number of rotatable bonds is 2.